The average molecular weight is 544 g/mol. The number of alkyl halides is 8. The van der Waals surface area contributed by atoms with Crippen molar-refractivity contribution in [2.45, 2.75) is 30.1 Å². The second-order valence-corrected chi connectivity index (χ2v) is 8.90. The normalized spacial score (nSPS) is 13.4. The second kappa shape index (κ2) is 8.07. The highest BCUT2D eigenvalue weighted by Gasteiger charge is 2.61. The van der Waals surface area contributed by atoms with Gasteiger partial charge in [-0.25, -0.2) is 8.42 Å². The fraction of sp³-hybridized carbons (Fsp3) is 0.312. The summed E-state index contributed by atoms with van der Waals surface area (Å²) in [6.45, 7) is 1.11. The van der Waals surface area contributed by atoms with Gasteiger partial charge in [0.1, 0.15) is 0 Å². The number of halogens is 9. The maximum absolute atomic E-state index is 13.4. The number of benzene rings is 1. The lowest BCUT2D eigenvalue weighted by molar-refractivity contribution is -0.295. The first-order valence-electron chi connectivity index (χ1n) is 7.91. The van der Waals surface area contributed by atoms with Crippen molar-refractivity contribution in [2.24, 2.45) is 0 Å². The molecule has 0 fully saturated rings. The molecule has 0 aliphatic heterocycles. The van der Waals surface area contributed by atoms with Crippen LogP contribution < -0.4 is 5.32 Å². The number of carbonyl (C=O) groups is 1. The van der Waals surface area contributed by atoms with E-state index in [0.29, 0.717) is 12.1 Å². The van der Waals surface area contributed by atoms with Crippen LogP contribution in [0.15, 0.2) is 38.2 Å². The van der Waals surface area contributed by atoms with Crippen molar-refractivity contribution in [1.82, 2.24) is 0 Å². The molecule has 0 saturated heterocycles. The molecule has 0 bridgehead atoms. The Balaban J connectivity index is 2.50. The molecule has 2 rings (SSSR count). The zero-order chi connectivity index (χ0) is 24.0. The van der Waals surface area contributed by atoms with E-state index in [-0.39, 0.29) is 12.1 Å². The van der Waals surface area contributed by atoms with Crippen LogP contribution in [0.1, 0.15) is 28.6 Å². The summed E-state index contributed by atoms with van der Waals surface area (Å²) in [4.78, 5) is 11.4. The van der Waals surface area contributed by atoms with Crippen LogP contribution in [0.4, 0.5) is 40.8 Å². The van der Waals surface area contributed by atoms with Crippen molar-refractivity contribution >= 4 is 37.4 Å². The van der Waals surface area contributed by atoms with Crippen molar-refractivity contribution in [3.8, 4) is 0 Å². The van der Waals surface area contributed by atoms with Crippen molar-refractivity contribution in [3.63, 3.8) is 0 Å². The highest BCUT2D eigenvalue weighted by molar-refractivity contribution is 9.10. The van der Waals surface area contributed by atoms with Gasteiger partial charge >= 0.3 is 18.3 Å². The number of sulfone groups is 1. The van der Waals surface area contributed by atoms with Gasteiger partial charge in [-0.1, -0.05) is 6.92 Å². The van der Waals surface area contributed by atoms with Crippen LogP contribution in [0, 0.1) is 0 Å². The monoisotopic (exact) mass is 543 g/mol. The van der Waals surface area contributed by atoms with Crippen LogP contribution >= 0.6 is 15.9 Å². The summed E-state index contributed by atoms with van der Waals surface area (Å²) in [5.41, 5.74) is -2.89. The number of hydrogen-bond donors (Lipinski definition) is 1. The lowest BCUT2D eigenvalue weighted by Gasteiger charge is -2.16. The minimum Gasteiger partial charge on any atom is -0.445 e. The van der Waals surface area contributed by atoms with Crippen LogP contribution in [0.5, 0.6) is 0 Å². The van der Waals surface area contributed by atoms with E-state index in [9.17, 15) is 48.3 Å². The molecule has 5 nitrogen and oxygen atoms in total. The molecule has 15 heteroatoms. The maximum atomic E-state index is 13.4. The van der Waals surface area contributed by atoms with Gasteiger partial charge in [0, 0.05) is 6.07 Å². The molecule has 0 spiro atoms. The van der Waals surface area contributed by atoms with E-state index in [1.807, 2.05) is 5.32 Å². The second-order valence-electron chi connectivity index (χ2n) is 5.94. The smallest absolute Gasteiger partial charge is 0.445 e. The molecule has 1 heterocycles. The van der Waals surface area contributed by atoms with Gasteiger partial charge in [-0.3, -0.25) is 4.79 Å². The minimum atomic E-state index is -6.01. The van der Waals surface area contributed by atoms with E-state index in [1.54, 1.807) is 0 Å². The third-order valence-corrected chi connectivity index (χ3v) is 6.23. The molecule has 0 atom stereocenters. The average Bonchev–Trinajstić information content (AvgIpc) is 3.00. The first kappa shape index (κ1) is 25.1. The van der Waals surface area contributed by atoms with Crippen LogP contribution in [-0.4, -0.2) is 26.3 Å². The molecule has 0 aliphatic carbocycles. The highest BCUT2D eigenvalue weighted by atomic mass is 79.9. The lowest BCUT2D eigenvalue weighted by Crippen LogP contribution is -2.33. The molecule has 0 saturated carbocycles. The fourth-order valence-corrected chi connectivity index (χ4v) is 3.74. The Hall–Kier alpha value is -2.16. The van der Waals surface area contributed by atoms with E-state index in [4.69, 9.17) is 0 Å². The van der Waals surface area contributed by atoms with Gasteiger partial charge in [-0.15, -0.1) is 0 Å². The molecule has 1 aromatic carbocycles. The molecular weight excluding hydrogens is 534 g/mol. The van der Waals surface area contributed by atoms with Gasteiger partial charge in [0.15, 0.2) is 20.3 Å². The first-order valence-corrected chi connectivity index (χ1v) is 10.4. The molecule has 2 aromatic rings. The standard InChI is InChI=1S/C16H10BrF8NO4S/c1-2-31(28,29)10-5-7(15(20,21)22)3-4-8(10)13(27)26-9-6-11(30-12(9)17)14(18,19)16(23,24)25/h3-6H,2H2,1H3,(H,26,27). The van der Waals surface area contributed by atoms with E-state index < -0.39 is 71.9 Å². The molecule has 0 aliphatic rings. The van der Waals surface area contributed by atoms with Crippen molar-refractivity contribution < 1.29 is 52.8 Å². The Labute approximate surface area is 177 Å². The van der Waals surface area contributed by atoms with Crippen molar-refractivity contribution in [2.75, 3.05) is 11.1 Å². The third kappa shape index (κ3) is 5.02. The molecule has 1 amide bonds. The Morgan fingerprint density at radius 1 is 1.06 bits per heavy atom. The Kier molecular flexibility index (Phi) is 6.54. The number of amides is 1. The van der Waals surface area contributed by atoms with Gasteiger partial charge in [-0.2, -0.15) is 35.1 Å². The zero-order valence-electron chi connectivity index (χ0n) is 15.0. The maximum Gasteiger partial charge on any atom is 0.461 e. The molecule has 1 N–H and O–H groups in total. The summed E-state index contributed by atoms with van der Waals surface area (Å²) in [6.07, 6.45) is -10.9. The van der Waals surface area contributed by atoms with E-state index in [0.717, 1.165) is 6.92 Å². The van der Waals surface area contributed by atoms with Gasteiger partial charge in [-0.05, 0) is 34.1 Å². The quantitative estimate of drug-likeness (QED) is 0.486. The van der Waals surface area contributed by atoms with Crippen LogP contribution in [0.3, 0.4) is 0 Å². The van der Waals surface area contributed by atoms with Crippen molar-refractivity contribution in [3.05, 3.63) is 45.8 Å². The number of carbonyl (C=O) groups excluding carboxylic acids is 1. The van der Waals surface area contributed by atoms with Crippen molar-refractivity contribution in [1.29, 1.82) is 0 Å². The largest absolute Gasteiger partial charge is 0.461 e. The number of anilines is 1. The summed E-state index contributed by atoms with van der Waals surface area (Å²) in [6, 6.07) is 1.33. The van der Waals surface area contributed by atoms with E-state index >= 15 is 0 Å². The van der Waals surface area contributed by atoms with Gasteiger partial charge in [0.2, 0.25) is 0 Å². The van der Waals surface area contributed by atoms with Gasteiger partial charge in [0.25, 0.3) is 5.91 Å². The third-order valence-electron chi connectivity index (χ3n) is 3.87. The zero-order valence-corrected chi connectivity index (χ0v) is 17.4. The van der Waals surface area contributed by atoms with Gasteiger partial charge < -0.3 is 9.73 Å². The molecule has 0 unspecified atom stereocenters. The molecule has 31 heavy (non-hydrogen) atoms. The number of rotatable bonds is 5. The predicted octanol–water partition coefficient (Wildman–Crippen LogP) is 5.76. The summed E-state index contributed by atoms with van der Waals surface area (Å²) >= 11 is 2.54. The predicted molar refractivity (Wildman–Crippen MR) is 93.5 cm³/mol. The molecule has 1 aromatic heterocycles. The van der Waals surface area contributed by atoms with Crippen LogP contribution in [0.2, 0.25) is 0 Å². The first-order chi connectivity index (χ1) is 13.9. The summed E-state index contributed by atoms with van der Waals surface area (Å²) in [5, 5.41) is 1.84. The topological polar surface area (TPSA) is 76.4 Å². The molecule has 0 radical (unpaired) electrons. The number of hydrogen-bond acceptors (Lipinski definition) is 4. The van der Waals surface area contributed by atoms with E-state index in [2.05, 4.69) is 20.3 Å². The van der Waals surface area contributed by atoms with Gasteiger partial charge in [0.05, 0.1) is 27.5 Å². The Bertz CT molecular complexity index is 1110. The lowest BCUT2D eigenvalue weighted by atomic mass is 10.1. The number of nitrogens with one attached hydrogen (secondary N) is 1. The Morgan fingerprint density at radius 3 is 2.13 bits per heavy atom. The summed E-state index contributed by atoms with van der Waals surface area (Å²) < 4.78 is 131. The molecule has 172 valence electrons. The highest BCUT2D eigenvalue weighted by Crippen LogP contribution is 2.46. The van der Waals surface area contributed by atoms with Crippen LogP contribution in [-0.2, 0) is 21.9 Å². The SMILES string of the molecule is CCS(=O)(=O)c1cc(C(F)(F)F)ccc1C(=O)Nc1cc(C(F)(F)C(F)(F)F)oc1Br. The summed E-state index contributed by atoms with van der Waals surface area (Å²) in [7, 11) is -4.36. The molecular formula is C16H10BrF8NO4S. The van der Waals surface area contributed by atoms with Crippen LogP contribution in [0.25, 0.3) is 0 Å². The summed E-state index contributed by atoms with van der Waals surface area (Å²) in [5.74, 6) is -9.35. The van der Waals surface area contributed by atoms with E-state index in [1.165, 1.54) is 0 Å². The minimum absolute atomic E-state index is 0.146. The number of furan rings is 1. The fourth-order valence-electron chi connectivity index (χ4n) is 2.24. The Morgan fingerprint density at radius 2 is 1.65 bits per heavy atom.